The van der Waals surface area contributed by atoms with Gasteiger partial charge in [-0.15, -0.1) is 0 Å². The average Bonchev–Trinajstić information content (AvgIpc) is 3.08. The van der Waals surface area contributed by atoms with Gasteiger partial charge in [-0.3, -0.25) is 4.68 Å². The molecule has 2 atom stereocenters. The molecule has 2 aromatic heterocycles. The lowest BCUT2D eigenvalue weighted by atomic mass is 10.1. The molecular formula is C14H15F3N6O2S. The number of hydrogen-bond acceptors (Lipinski definition) is 5. The molecule has 1 aliphatic heterocycles. The van der Waals surface area contributed by atoms with Crippen LogP contribution < -0.4 is 4.31 Å². The van der Waals surface area contributed by atoms with Crippen LogP contribution in [0.5, 0.6) is 0 Å². The molecule has 2 aromatic rings. The molecule has 0 N–H and O–H groups in total. The van der Waals surface area contributed by atoms with Gasteiger partial charge < -0.3 is 0 Å². The molecule has 26 heavy (non-hydrogen) atoms. The summed E-state index contributed by atoms with van der Waals surface area (Å²) in [6, 6.07) is -1.31. The van der Waals surface area contributed by atoms with E-state index in [0.717, 1.165) is 10.5 Å². The van der Waals surface area contributed by atoms with Crippen LogP contribution >= 0.6 is 0 Å². The Morgan fingerprint density at radius 1 is 1.38 bits per heavy atom. The van der Waals surface area contributed by atoms with E-state index >= 15 is 0 Å². The van der Waals surface area contributed by atoms with E-state index in [1.807, 2.05) is 0 Å². The zero-order chi connectivity index (χ0) is 19.4. The first-order valence-electron chi connectivity index (χ1n) is 7.57. The van der Waals surface area contributed by atoms with Gasteiger partial charge >= 0.3 is 6.18 Å². The van der Waals surface area contributed by atoms with Gasteiger partial charge in [0.05, 0.1) is 11.9 Å². The van der Waals surface area contributed by atoms with Crippen molar-refractivity contribution in [3.8, 4) is 6.07 Å². The normalized spacial score (nSPS) is 20.7. The van der Waals surface area contributed by atoms with Gasteiger partial charge in [0.25, 0.3) is 10.0 Å². The third-order valence-electron chi connectivity index (χ3n) is 4.24. The van der Waals surface area contributed by atoms with Crippen LogP contribution in [0.2, 0.25) is 0 Å². The Labute approximate surface area is 147 Å². The Morgan fingerprint density at radius 2 is 2.04 bits per heavy atom. The average molecular weight is 388 g/mol. The summed E-state index contributed by atoms with van der Waals surface area (Å²) in [5.74, 6) is -0.378. The van der Waals surface area contributed by atoms with E-state index in [0.29, 0.717) is 4.68 Å². The Balaban J connectivity index is 2.24. The summed E-state index contributed by atoms with van der Waals surface area (Å²) in [5.41, 5.74) is -0.0295. The van der Waals surface area contributed by atoms with Crippen LogP contribution in [0.1, 0.15) is 30.6 Å². The molecule has 0 radical (unpaired) electrons. The number of aryl methyl sites for hydroxylation is 2. The molecule has 1 aliphatic rings. The minimum Gasteiger partial charge on any atom is -0.274 e. The molecule has 3 heterocycles. The van der Waals surface area contributed by atoms with Gasteiger partial charge in [-0.2, -0.15) is 28.6 Å². The maximum Gasteiger partial charge on any atom is 0.410 e. The van der Waals surface area contributed by atoms with Crippen LogP contribution in [0, 0.1) is 18.3 Å². The predicted octanol–water partition coefficient (Wildman–Crippen LogP) is 1.89. The monoisotopic (exact) mass is 388 g/mol. The zero-order valence-corrected chi connectivity index (χ0v) is 14.9. The van der Waals surface area contributed by atoms with Crippen LogP contribution in [-0.2, 0) is 17.1 Å². The molecule has 3 rings (SSSR count). The molecule has 8 nitrogen and oxygen atoms in total. The SMILES string of the molecule is Cc1nn(C)cc1S(=O)(=O)N1c2c(C#N)cnn2C(C(F)(F)F)CC1C. The van der Waals surface area contributed by atoms with Crippen molar-refractivity contribution >= 4 is 15.8 Å². The third kappa shape index (κ3) is 2.63. The van der Waals surface area contributed by atoms with Gasteiger partial charge in [-0.05, 0) is 13.8 Å². The van der Waals surface area contributed by atoms with Crippen molar-refractivity contribution in [2.75, 3.05) is 4.31 Å². The molecule has 140 valence electrons. The number of rotatable bonds is 2. The minimum absolute atomic E-state index is 0.131. The van der Waals surface area contributed by atoms with E-state index in [2.05, 4.69) is 10.2 Å². The first-order valence-corrected chi connectivity index (χ1v) is 9.01. The highest BCUT2D eigenvalue weighted by atomic mass is 32.2. The summed E-state index contributed by atoms with van der Waals surface area (Å²) in [4.78, 5) is -0.131. The molecule has 0 saturated carbocycles. The Morgan fingerprint density at radius 3 is 2.54 bits per heavy atom. The van der Waals surface area contributed by atoms with Crippen molar-refractivity contribution < 1.29 is 21.6 Å². The summed E-state index contributed by atoms with van der Waals surface area (Å²) in [6.07, 6.45) is -2.91. The highest BCUT2D eigenvalue weighted by Gasteiger charge is 2.50. The number of aromatic nitrogens is 4. The number of nitriles is 1. The Kier molecular flexibility index (Phi) is 4.02. The van der Waals surface area contributed by atoms with Crippen LogP contribution in [0.4, 0.5) is 19.0 Å². The van der Waals surface area contributed by atoms with Crippen molar-refractivity contribution in [1.82, 2.24) is 19.6 Å². The van der Waals surface area contributed by atoms with Crippen LogP contribution in [0.3, 0.4) is 0 Å². The largest absolute Gasteiger partial charge is 0.410 e. The molecular weight excluding hydrogens is 373 g/mol. The van der Waals surface area contributed by atoms with E-state index in [4.69, 9.17) is 0 Å². The lowest BCUT2D eigenvalue weighted by Gasteiger charge is -2.39. The van der Waals surface area contributed by atoms with Crippen molar-refractivity contribution in [2.24, 2.45) is 7.05 Å². The first-order chi connectivity index (χ1) is 12.0. The minimum atomic E-state index is -4.62. The fourth-order valence-corrected chi connectivity index (χ4v) is 5.05. The zero-order valence-electron chi connectivity index (χ0n) is 14.1. The van der Waals surface area contributed by atoms with Crippen molar-refractivity contribution in [3.05, 3.63) is 23.7 Å². The molecule has 0 spiro atoms. The summed E-state index contributed by atoms with van der Waals surface area (Å²) in [6.45, 7) is 2.86. The highest BCUT2D eigenvalue weighted by molar-refractivity contribution is 7.93. The fourth-order valence-electron chi connectivity index (χ4n) is 3.17. The number of alkyl halides is 3. The van der Waals surface area contributed by atoms with E-state index in [1.54, 1.807) is 6.07 Å². The maximum absolute atomic E-state index is 13.4. The van der Waals surface area contributed by atoms with Gasteiger partial charge in [-0.25, -0.2) is 17.4 Å². The maximum atomic E-state index is 13.4. The lowest BCUT2D eigenvalue weighted by molar-refractivity contribution is -0.173. The molecule has 0 amide bonds. The molecule has 0 fully saturated rings. The number of nitrogens with zero attached hydrogens (tertiary/aromatic N) is 6. The molecule has 2 unspecified atom stereocenters. The molecule has 0 aliphatic carbocycles. The Hall–Kier alpha value is -2.55. The number of anilines is 1. The molecule has 0 aromatic carbocycles. The molecule has 0 bridgehead atoms. The van der Waals surface area contributed by atoms with Crippen LogP contribution in [-0.4, -0.2) is 40.2 Å². The quantitative estimate of drug-likeness (QED) is 0.783. The number of hydrogen-bond donors (Lipinski definition) is 0. The van der Waals surface area contributed by atoms with E-state index in [1.165, 1.54) is 31.8 Å². The summed E-state index contributed by atoms with van der Waals surface area (Å²) < 4.78 is 69.2. The van der Waals surface area contributed by atoms with Crippen molar-refractivity contribution in [3.63, 3.8) is 0 Å². The fraction of sp³-hybridized carbons (Fsp3) is 0.500. The molecule has 0 saturated heterocycles. The van der Waals surface area contributed by atoms with Gasteiger partial charge in [0.15, 0.2) is 11.9 Å². The second-order valence-corrected chi connectivity index (χ2v) is 7.92. The highest BCUT2D eigenvalue weighted by Crippen LogP contribution is 2.44. The van der Waals surface area contributed by atoms with Crippen LogP contribution in [0.25, 0.3) is 0 Å². The van der Waals surface area contributed by atoms with Crippen molar-refractivity contribution in [2.45, 2.75) is 43.4 Å². The standard InChI is InChI=1S/C14H15F3N6O2S/c1-8-4-12(14(15,16)17)22-13(10(5-18)6-19-22)23(8)26(24,25)11-7-21(3)20-9(11)2/h6-8,12H,4H2,1-3H3. The van der Waals surface area contributed by atoms with Gasteiger partial charge in [0.1, 0.15) is 16.5 Å². The topological polar surface area (TPSA) is 96.8 Å². The van der Waals surface area contributed by atoms with E-state index in [9.17, 15) is 26.9 Å². The summed E-state index contributed by atoms with van der Waals surface area (Å²) in [7, 11) is -2.70. The van der Waals surface area contributed by atoms with E-state index < -0.39 is 34.7 Å². The van der Waals surface area contributed by atoms with Crippen LogP contribution in [0.15, 0.2) is 17.3 Å². The predicted molar refractivity (Wildman–Crippen MR) is 83.7 cm³/mol. The summed E-state index contributed by atoms with van der Waals surface area (Å²) >= 11 is 0. The number of sulfonamides is 1. The Bertz CT molecular complexity index is 1000. The molecule has 12 heteroatoms. The second-order valence-electron chi connectivity index (χ2n) is 6.13. The second kappa shape index (κ2) is 5.73. The number of fused-ring (bicyclic) bond motifs is 1. The number of halogens is 3. The van der Waals surface area contributed by atoms with Gasteiger partial charge in [0, 0.05) is 25.7 Å². The smallest absolute Gasteiger partial charge is 0.274 e. The van der Waals surface area contributed by atoms with Crippen molar-refractivity contribution in [1.29, 1.82) is 5.26 Å². The lowest BCUT2D eigenvalue weighted by Crippen LogP contribution is -2.48. The van der Waals surface area contributed by atoms with Gasteiger partial charge in [-0.1, -0.05) is 0 Å². The first kappa shape index (κ1) is 18.2. The third-order valence-corrected chi connectivity index (χ3v) is 6.25. The van der Waals surface area contributed by atoms with Gasteiger partial charge in [0.2, 0.25) is 0 Å². The summed E-state index contributed by atoms with van der Waals surface area (Å²) in [5, 5.41) is 16.9. The van der Waals surface area contributed by atoms with E-state index in [-0.39, 0.29) is 22.0 Å².